The van der Waals surface area contributed by atoms with Crippen LogP contribution in [0.1, 0.15) is 0 Å². The van der Waals surface area contributed by atoms with Gasteiger partial charge in [0.2, 0.25) is 0 Å². The van der Waals surface area contributed by atoms with E-state index in [0.717, 1.165) is 0 Å². The summed E-state index contributed by atoms with van der Waals surface area (Å²) in [5.41, 5.74) is 0. The molecule has 6 heteroatoms. The normalized spacial score (nSPS) is 15.9. The molecule has 0 aliphatic carbocycles. The van der Waals surface area contributed by atoms with Crippen molar-refractivity contribution in [2.45, 2.75) is 12.2 Å². The number of carbonyl (C=O) groups is 1. The van der Waals surface area contributed by atoms with Crippen LogP contribution in [0, 0.1) is 0 Å². The van der Waals surface area contributed by atoms with Crippen molar-refractivity contribution < 1.29 is 36.6 Å². The summed E-state index contributed by atoms with van der Waals surface area (Å²) in [7, 11) is 0. The molecule has 0 radical (unpaired) electrons. The molecule has 0 bridgehead atoms. The van der Waals surface area contributed by atoms with E-state index in [1.807, 2.05) is 0 Å². The molecule has 11 heavy (non-hydrogen) atoms. The quantitative estimate of drug-likeness (QED) is 0.388. The second kappa shape index (κ2) is 5.66. The summed E-state index contributed by atoms with van der Waals surface area (Å²) in [6.07, 6.45) is -2.91. The van der Waals surface area contributed by atoms with Gasteiger partial charge in [0.15, 0.2) is 0 Å². The maximum absolute atomic E-state index is 10.7. The van der Waals surface area contributed by atoms with Crippen LogP contribution in [0.5, 0.6) is 0 Å². The Labute approximate surface area is 72.7 Å². The fourth-order valence-corrected chi connectivity index (χ4v) is 0.712. The van der Waals surface area contributed by atoms with Gasteiger partial charge in [-0.2, -0.15) is 0 Å². The van der Waals surface area contributed by atoms with E-state index in [4.69, 9.17) is 15.3 Å². The number of aliphatic hydroxyl groups is 3. The summed E-state index contributed by atoms with van der Waals surface area (Å²) >= 11 is 2.36. The molecule has 0 aromatic heterocycles. The van der Waals surface area contributed by atoms with Crippen molar-refractivity contribution in [2.24, 2.45) is 0 Å². The van der Waals surface area contributed by atoms with E-state index in [1.165, 1.54) is 0 Å². The molecule has 0 saturated heterocycles. The summed E-state index contributed by atoms with van der Waals surface area (Å²) in [6.45, 7) is -0.696. The number of rotatable bonds is 5. The third-order valence-electron chi connectivity index (χ3n) is 1.13. The van der Waals surface area contributed by atoms with Crippen LogP contribution < -0.4 is 4.30 Å². The van der Waals surface area contributed by atoms with E-state index in [0.29, 0.717) is 0 Å². The van der Waals surface area contributed by atoms with Crippen LogP contribution in [0.2, 0.25) is 0 Å². The van der Waals surface area contributed by atoms with E-state index in [-0.39, 0.29) is 6.54 Å². The zero-order valence-electron chi connectivity index (χ0n) is 5.73. The van der Waals surface area contributed by atoms with Crippen LogP contribution in [-0.2, 0) is 21.3 Å². The van der Waals surface area contributed by atoms with Gasteiger partial charge in [0.25, 0.3) is 0 Å². The Bertz CT molecular complexity index is 132. The summed E-state index contributed by atoms with van der Waals surface area (Å²) in [6, 6.07) is 0. The van der Waals surface area contributed by atoms with Gasteiger partial charge in [-0.15, -0.1) is 0 Å². The molecule has 0 saturated carbocycles. The van der Waals surface area contributed by atoms with Crippen molar-refractivity contribution in [1.82, 2.24) is 4.30 Å². The summed E-state index contributed by atoms with van der Waals surface area (Å²) < 4.78 is 2.40. The monoisotopic (exact) mass is 200 g/mol. The Morgan fingerprint density at radius 2 is 2.09 bits per heavy atom. The third-order valence-corrected chi connectivity index (χ3v) is 1.35. The minimum atomic E-state index is -1.51. The van der Waals surface area contributed by atoms with Crippen molar-refractivity contribution >= 4 is 5.78 Å². The van der Waals surface area contributed by atoms with Crippen LogP contribution >= 0.6 is 0 Å². The summed E-state index contributed by atoms with van der Waals surface area (Å²) in [4.78, 5) is 10.7. The molecule has 2 atom stereocenters. The minimum absolute atomic E-state index is 0.0712. The number of nitrogens with one attached hydrogen (secondary N) is 1. The van der Waals surface area contributed by atoms with Gasteiger partial charge in [-0.25, -0.2) is 0 Å². The molecule has 65 valence electrons. The number of carbonyl (C=O) groups excluding carboxylic acids is 1. The fourth-order valence-electron chi connectivity index (χ4n) is 0.490. The molecule has 0 fully saturated rings. The third kappa shape index (κ3) is 3.82. The zero-order valence-corrected chi connectivity index (χ0v) is 7.00. The number of aliphatic hydroxyl groups excluding tert-OH is 3. The Hall–Kier alpha value is 0.0425. The first-order valence-electron chi connectivity index (χ1n) is 2.98. The number of hydrogen-bond donors (Lipinski definition) is 4. The number of hydrogen-bond acceptors (Lipinski definition) is 5. The van der Waals surface area contributed by atoms with Crippen molar-refractivity contribution in [2.75, 3.05) is 13.2 Å². The molecule has 0 amide bonds. The fraction of sp³-hybridized carbons (Fsp3) is 0.800. The van der Waals surface area contributed by atoms with Gasteiger partial charge in [0.1, 0.15) is 0 Å². The van der Waals surface area contributed by atoms with Crippen LogP contribution in [-0.4, -0.2) is 46.5 Å². The molecule has 0 aromatic carbocycles. The van der Waals surface area contributed by atoms with E-state index in [2.05, 4.69) is 20.8 Å². The molecule has 0 spiro atoms. The Balaban J connectivity index is 3.80. The first kappa shape index (κ1) is 11.0. The van der Waals surface area contributed by atoms with Crippen LogP contribution in [0.4, 0.5) is 0 Å². The number of ketones is 1. The van der Waals surface area contributed by atoms with Gasteiger partial charge < -0.3 is 0 Å². The molecule has 0 aliphatic heterocycles. The molecule has 0 heterocycles. The van der Waals surface area contributed by atoms with E-state index >= 15 is 0 Å². The van der Waals surface area contributed by atoms with Crippen molar-refractivity contribution in [3.8, 4) is 0 Å². The van der Waals surface area contributed by atoms with Gasteiger partial charge >= 0.3 is 72.1 Å². The van der Waals surface area contributed by atoms with E-state index in [1.54, 1.807) is 0 Å². The average molecular weight is 200 g/mol. The first-order valence-corrected chi connectivity index (χ1v) is 3.62. The molecule has 4 N–H and O–H groups in total. The van der Waals surface area contributed by atoms with Gasteiger partial charge in [-0.05, 0) is 0 Å². The van der Waals surface area contributed by atoms with Gasteiger partial charge in [0.05, 0.1) is 0 Å². The molecule has 2 unspecified atom stereocenters. The van der Waals surface area contributed by atoms with Crippen molar-refractivity contribution in [1.29, 1.82) is 0 Å². The van der Waals surface area contributed by atoms with E-state index < -0.39 is 24.6 Å². The second-order valence-electron chi connectivity index (χ2n) is 1.98. The number of Topliss-reactive ketones (excluding diaryl/α,β-unsaturated/α-hetero) is 1. The van der Waals surface area contributed by atoms with E-state index in [9.17, 15) is 4.79 Å². The van der Waals surface area contributed by atoms with Gasteiger partial charge in [0, 0.05) is 0 Å². The molecule has 0 rings (SSSR count). The SMILES string of the molecule is O=C(C[NH][Cr])C(O)C(O)CO. The van der Waals surface area contributed by atoms with Crippen molar-refractivity contribution in [3.63, 3.8) is 0 Å². The molecular formula is C5H10CrNO4. The van der Waals surface area contributed by atoms with Gasteiger partial charge in [-0.1, -0.05) is 0 Å². The standard InChI is InChI=1S/C5H10NO4.Cr/c6-1-3(8)5(10)4(9)2-7;/h4-7,9-10H,1-2H2;/q-1;+1. The Morgan fingerprint density at radius 1 is 1.55 bits per heavy atom. The predicted octanol–water partition coefficient (Wildman–Crippen LogP) is -2.68. The summed E-state index contributed by atoms with van der Waals surface area (Å²) in [5.74, 6) is -0.565. The predicted molar refractivity (Wildman–Crippen MR) is 32.1 cm³/mol. The van der Waals surface area contributed by atoms with Gasteiger partial charge in [-0.3, -0.25) is 0 Å². The molecule has 0 aliphatic rings. The molecular weight excluding hydrogens is 190 g/mol. The second-order valence-corrected chi connectivity index (χ2v) is 2.43. The van der Waals surface area contributed by atoms with Crippen LogP contribution in [0.25, 0.3) is 0 Å². The molecule has 0 aromatic rings. The Morgan fingerprint density at radius 3 is 2.45 bits per heavy atom. The maximum atomic E-state index is 10.7. The Kier molecular flexibility index (Phi) is 5.68. The molecule has 5 nitrogen and oxygen atoms in total. The topological polar surface area (TPSA) is 89.8 Å². The first-order chi connectivity index (χ1) is 5.13. The van der Waals surface area contributed by atoms with Crippen LogP contribution in [0.15, 0.2) is 0 Å². The average Bonchev–Trinajstić information content (AvgIpc) is 2.02. The van der Waals surface area contributed by atoms with Crippen molar-refractivity contribution in [3.05, 3.63) is 0 Å². The summed E-state index contributed by atoms with van der Waals surface area (Å²) in [5, 5.41) is 26.0. The zero-order chi connectivity index (χ0) is 8.85. The van der Waals surface area contributed by atoms with Crippen LogP contribution in [0.3, 0.4) is 0 Å².